The van der Waals surface area contributed by atoms with Gasteiger partial charge in [0.2, 0.25) is 0 Å². The van der Waals surface area contributed by atoms with E-state index in [-0.39, 0.29) is 0 Å². The van der Waals surface area contributed by atoms with Crippen molar-refractivity contribution in [1.82, 2.24) is 15.2 Å². The van der Waals surface area contributed by atoms with Crippen molar-refractivity contribution in [3.8, 4) is 0 Å². The highest BCUT2D eigenvalue weighted by molar-refractivity contribution is 4.93. The number of H-pyrrole nitrogens is 1. The maximum absolute atomic E-state index is 4.05. The third-order valence-corrected chi connectivity index (χ3v) is 2.36. The summed E-state index contributed by atoms with van der Waals surface area (Å²) < 4.78 is 0. The Morgan fingerprint density at radius 1 is 1.27 bits per heavy atom. The van der Waals surface area contributed by atoms with Gasteiger partial charge in [0.15, 0.2) is 12.2 Å². The molecule has 0 amide bonds. The Morgan fingerprint density at radius 2 is 2.09 bits per heavy atom. The Bertz CT molecular complexity index is 199. The minimum Gasteiger partial charge on any atom is -0.256 e. The molecule has 0 bridgehead atoms. The topological polar surface area (TPSA) is 41.6 Å². The fourth-order valence-electron chi connectivity index (χ4n) is 1.73. The van der Waals surface area contributed by atoms with Crippen LogP contribution in [0.5, 0.6) is 0 Å². The van der Waals surface area contributed by atoms with Crippen molar-refractivity contribution < 1.29 is 0 Å². The van der Waals surface area contributed by atoms with Gasteiger partial charge in [-0.2, -0.15) is 5.10 Å². The zero-order valence-electron chi connectivity index (χ0n) is 6.51. The zero-order valence-corrected chi connectivity index (χ0v) is 6.51. The lowest BCUT2D eigenvalue weighted by molar-refractivity contribution is 0.429. The highest BCUT2D eigenvalue weighted by Gasteiger charge is 2.17. The Kier molecular flexibility index (Phi) is 1.88. The van der Waals surface area contributed by atoms with Gasteiger partial charge in [0, 0.05) is 5.92 Å². The van der Waals surface area contributed by atoms with E-state index in [1.807, 2.05) is 0 Å². The predicted octanol–water partition coefficient (Wildman–Crippen LogP) is 1.65. The molecule has 1 fully saturated rings. The van der Waals surface area contributed by atoms with Crippen LogP contribution in [-0.2, 0) is 0 Å². The summed E-state index contributed by atoms with van der Waals surface area (Å²) in [5, 5.41) is 6.69. The van der Waals surface area contributed by atoms with Gasteiger partial charge in [-0.05, 0) is 12.8 Å². The van der Waals surface area contributed by atoms with Crippen molar-refractivity contribution in [1.29, 1.82) is 0 Å². The number of nitrogens with one attached hydrogen (secondary N) is 1. The monoisotopic (exact) mass is 150 g/mol. The van der Waals surface area contributed by atoms with E-state index in [9.17, 15) is 0 Å². The quantitative estimate of drug-likeness (QED) is 0.661. The maximum Gasteiger partial charge on any atom is 0.193 e. The summed E-state index contributed by atoms with van der Waals surface area (Å²) in [5.41, 5.74) is 0. The molecule has 0 aliphatic heterocycles. The van der Waals surface area contributed by atoms with Crippen LogP contribution in [0.2, 0.25) is 0 Å². The van der Waals surface area contributed by atoms with E-state index in [1.165, 1.54) is 32.1 Å². The molecule has 3 nitrogen and oxygen atoms in total. The first-order valence-corrected chi connectivity index (χ1v) is 4.25. The second kappa shape index (κ2) is 3.03. The standard InChI is InChI=1S/C8H12N3/c1-2-4-7(5-3-1)8-9-6-10-11-8/h7H,1-5H2,(H,9,10,11). The first-order valence-electron chi connectivity index (χ1n) is 4.25. The van der Waals surface area contributed by atoms with Gasteiger partial charge >= 0.3 is 0 Å². The normalized spacial score (nSPS) is 20.4. The lowest BCUT2D eigenvalue weighted by Gasteiger charge is -2.17. The van der Waals surface area contributed by atoms with E-state index in [2.05, 4.69) is 21.5 Å². The van der Waals surface area contributed by atoms with Gasteiger partial charge < -0.3 is 0 Å². The van der Waals surface area contributed by atoms with Gasteiger partial charge in [0.1, 0.15) is 0 Å². The van der Waals surface area contributed by atoms with Crippen molar-refractivity contribution >= 4 is 0 Å². The third-order valence-electron chi connectivity index (χ3n) is 2.36. The highest BCUT2D eigenvalue weighted by Crippen LogP contribution is 2.29. The summed E-state index contributed by atoms with van der Waals surface area (Å²) in [7, 11) is 0. The van der Waals surface area contributed by atoms with Crippen LogP contribution in [0.25, 0.3) is 0 Å². The molecule has 0 aromatic carbocycles. The third kappa shape index (κ3) is 1.42. The molecule has 1 aliphatic rings. The average molecular weight is 150 g/mol. The van der Waals surface area contributed by atoms with E-state index in [4.69, 9.17) is 0 Å². The van der Waals surface area contributed by atoms with Crippen molar-refractivity contribution in [2.45, 2.75) is 38.0 Å². The Hall–Kier alpha value is -0.860. The number of aromatic nitrogens is 3. The van der Waals surface area contributed by atoms with Crippen molar-refractivity contribution in [2.75, 3.05) is 0 Å². The predicted molar refractivity (Wildman–Crippen MR) is 41.0 cm³/mol. The molecule has 0 unspecified atom stereocenters. The molecule has 59 valence electrons. The van der Waals surface area contributed by atoms with Crippen LogP contribution >= 0.6 is 0 Å². The molecular formula is C8H12N3. The molecule has 2 rings (SSSR count). The van der Waals surface area contributed by atoms with Gasteiger partial charge in [0.05, 0.1) is 0 Å². The molecule has 1 aromatic heterocycles. The van der Waals surface area contributed by atoms with Gasteiger partial charge in [-0.15, -0.1) is 0 Å². The minimum absolute atomic E-state index is 0.603. The maximum atomic E-state index is 4.05. The Morgan fingerprint density at radius 3 is 2.73 bits per heavy atom. The fourth-order valence-corrected chi connectivity index (χ4v) is 1.73. The van der Waals surface area contributed by atoms with Gasteiger partial charge in [-0.3, -0.25) is 5.10 Å². The van der Waals surface area contributed by atoms with Gasteiger partial charge in [-0.25, -0.2) is 4.98 Å². The molecular weight excluding hydrogens is 138 g/mol. The average Bonchev–Trinajstić information content (AvgIpc) is 2.58. The largest absolute Gasteiger partial charge is 0.256 e. The highest BCUT2D eigenvalue weighted by atomic mass is 15.2. The van der Waals surface area contributed by atoms with E-state index in [0.29, 0.717) is 5.92 Å². The van der Waals surface area contributed by atoms with Crippen molar-refractivity contribution in [3.63, 3.8) is 0 Å². The lowest BCUT2D eigenvalue weighted by Crippen LogP contribution is -2.05. The zero-order chi connectivity index (χ0) is 7.52. The first kappa shape index (κ1) is 6.83. The summed E-state index contributed by atoms with van der Waals surface area (Å²) >= 11 is 0. The molecule has 1 heterocycles. The molecule has 3 heteroatoms. The van der Waals surface area contributed by atoms with Crippen LogP contribution in [0.3, 0.4) is 0 Å². The van der Waals surface area contributed by atoms with E-state index >= 15 is 0 Å². The van der Waals surface area contributed by atoms with Crippen molar-refractivity contribution in [3.05, 3.63) is 12.2 Å². The summed E-state index contributed by atoms with van der Waals surface area (Å²) in [6, 6.07) is 0. The fraction of sp³-hybridized carbons (Fsp3) is 0.750. The molecule has 0 atom stereocenters. The Balaban J connectivity index is 2.04. The summed E-state index contributed by atoms with van der Waals surface area (Å²) in [6.45, 7) is 0. The molecule has 1 aromatic rings. The number of hydrogen-bond acceptors (Lipinski definition) is 2. The van der Waals surface area contributed by atoms with E-state index < -0.39 is 0 Å². The van der Waals surface area contributed by atoms with Gasteiger partial charge in [0.25, 0.3) is 0 Å². The molecule has 1 aliphatic carbocycles. The molecule has 0 saturated heterocycles. The summed E-state index contributed by atoms with van der Waals surface area (Å²) in [6.07, 6.45) is 9.20. The molecule has 0 spiro atoms. The summed E-state index contributed by atoms with van der Waals surface area (Å²) in [5.74, 6) is 1.57. The van der Waals surface area contributed by atoms with E-state index in [0.717, 1.165) is 5.82 Å². The van der Waals surface area contributed by atoms with E-state index in [1.54, 1.807) is 0 Å². The van der Waals surface area contributed by atoms with Crippen LogP contribution in [0, 0.1) is 6.33 Å². The van der Waals surface area contributed by atoms with Gasteiger partial charge in [-0.1, -0.05) is 19.3 Å². The summed E-state index contributed by atoms with van der Waals surface area (Å²) in [4.78, 5) is 4.05. The Labute approximate surface area is 66.2 Å². The molecule has 1 saturated carbocycles. The van der Waals surface area contributed by atoms with Crippen LogP contribution in [-0.4, -0.2) is 15.2 Å². The number of hydrogen-bond donors (Lipinski definition) is 1. The number of nitrogens with zero attached hydrogens (tertiary/aromatic N) is 2. The number of rotatable bonds is 1. The molecule has 11 heavy (non-hydrogen) atoms. The van der Waals surface area contributed by atoms with Crippen LogP contribution in [0.4, 0.5) is 0 Å². The molecule has 1 radical (unpaired) electrons. The number of aromatic amines is 1. The lowest BCUT2D eigenvalue weighted by atomic mass is 9.89. The second-order valence-electron chi connectivity index (χ2n) is 3.14. The SMILES string of the molecule is [c]1nc(C2CCCCC2)n[nH]1. The van der Waals surface area contributed by atoms with Crippen LogP contribution < -0.4 is 0 Å². The second-order valence-corrected chi connectivity index (χ2v) is 3.14. The van der Waals surface area contributed by atoms with Crippen molar-refractivity contribution in [2.24, 2.45) is 0 Å². The smallest absolute Gasteiger partial charge is 0.193 e. The molecule has 1 N–H and O–H groups in total. The minimum atomic E-state index is 0.603. The van der Waals surface area contributed by atoms with Crippen LogP contribution in [0.1, 0.15) is 43.8 Å². The van der Waals surface area contributed by atoms with Crippen LogP contribution in [0.15, 0.2) is 0 Å². The first-order chi connectivity index (χ1) is 5.47.